The second kappa shape index (κ2) is 4.78. The quantitative estimate of drug-likeness (QED) is 0.602. The van der Waals surface area contributed by atoms with E-state index in [1.165, 1.54) is 18.2 Å². The summed E-state index contributed by atoms with van der Waals surface area (Å²) in [5.74, 6) is -1.34. The fourth-order valence-corrected chi connectivity index (χ4v) is 1.27. The topological polar surface area (TPSA) is 26.3 Å². The summed E-state index contributed by atoms with van der Waals surface area (Å²) in [4.78, 5) is 11.3. The first-order valence-electron chi connectivity index (χ1n) is 4.69. The van der Waals surface area contributed by atoms with Gasteiger partial charge in [-0.2, -0.15) is 8.78 Å². The smallest absolute Gasteiger partial charge is 0.385 e. The Hall–Kier alpha value is -1.16. The lowest BCUT2D eigenvalue weighted by molar-refractivity contribution is 0.0530. The lowest BCUT2D eigenvalue weighted by Gasteiger charge is -2.14. The molecule has 1 rings (SSSR count). The molecule has 0 saturated carbocycles. The number of rotatable bonds is 4. The average Bonchev–Trinajstić information content (AvgIpc) is 2.15. The molecule has 2 nitrogen and oxygen atoms in total. The van der Waals surface area contributed by atoms with Crippen LogP contribution in [0.2, 0.25) is 0 Å². The van der Waals surface area contributed by atoms with Gasteiger partial charge in [0.05, 0.1) is 11.7 Å². The van der Waals surface area contributed by atoms with Crippen molar-refractivity contribution in [3.8, 4) is 5.75 Å². The second-order valence-corrected chi connectivity index (χ2v) is 3.96. The molecule has 0 unspecified atom stereocenters. The van der Waals surface area contributed by atoms with Crippen molar-refractivity contribution >= 4 is 17.4 Å². The third-order valence-corrected chi connectivity index (χ3v) is 1.92. The van der Waals surface area contributed by atoms with Crippen LogP contribution in [0.5, 0.6) is 5.75 Å². The van der Waals surface area contributed by atoms with Crippen LogP contribution in [-0.4, -0.2) is 17.3 Å². The molecule has 0 atom stereocenters. The molecule has 0 N–H and O–H groups in total. The van der Waals surface area contributed by atoms with Crippen LogP contribution in [0.15, 0.2) is 24.3 Å². The third kappa shape index (κ3) is 3.17. The van der Waals surface area contributed by atoms with Crippen molar-refractivity contribution < 1.29 is 18.3 Å². The Kier molecular flexibility index (Phi) is 3.86. The van der Waals surface area contributed by atoms with Crippen molar-refractivity contribution in [3.63, 3.8) is 0 Å². The van der Waals surface area contributed by atoms with E-state index in [4.69, 9.17) is 4.74 Å². The van der Waals surface area contributed by atoms with Crippen LogP contribution in [0.1, 0.15) is 24.2 Å². The molecule has 1 aromatic rings. The van der Waals surface area contributed by atoms with E-state index in [0.717, 1.165) is 0 Å². The minimum atomic E-state index is -3.91. The highest BCUT2D eigenvalue weighted by Crippen LogP contribution is 2.29. The standard InChI is InChI=1S/C11H11ClF2O2/c1-7(2)16-9-6-4-3-5-8(9)10(15)11(12,13)14/h3-7H,1-2H3. The molecule has 0 heterocycles. The van der Waals surface area contributed by atoms with Crippen LogP contribution in [0, 0.1) is 0 Å². The van der Waals surface area contributed by atoms with Gasteiger partial charge in [-0.1, -0.05) is 12.1 Å². The minimum absolute atomic E-state index is 0.114. The maximum absolute atomic E-state index is 12.7. The molecule has 16 heavy (non-hydrogen) atoms. The lowest BCUT2D eigenvalue weighted by Crippen LogP contribution is -2.22. The molecule has 0 bridgehead atoms. The summed E-state index contributed by atoms with van der Waals surface area (Å²) in [5.41, 5.74) is -0.212. The van der Waals surface area contributed by atoms with E-state index in [-0.39, 0.29) is 17.4 Å². The van der Waals surface area contributed by atoms with Crippen LogP contribution < -0.4 is 4.74 Å². The fraction of sp³-hybridized carbons (Fsp3) is 0.364. The summed E-state index contributed by atoms with van der Waals surface area (Å²) in [6.07, 6.45) is -0.210. The van der Waals surface area contributed by atoms with Crippen molar-refractivity contribution in [1.29, 1.82) is 0 Å². The highest BCUT2D eigenvalue weighted by Gasteiger charge is 2.38. The predicted octanol–water partition coefficient (Wildman–Crippen LogP) is 3.49. The Bertz CT molecular complexity index is 386. The number of ketones is 1. The number of hydrogen-bond acceptors (Lipinski definition) is 2. The third-order valence-electron chi connectivity index (χ3n) is 1.75. The summed E-state index contributed by atoms with van der Waals surface area (Å²) < 4.78 is 30.6. The Morgan fingerprint density at radius 2 is 1.94 bits per heavy atom. The summed E-state index contributed by atoms with van der Waals surface area (Å²) in [7, 11) is 0. The van der Waals surface area contributed by atoms with E-state index in [1.807, 2.05) is 0 Å². The normalized spacial score (nSPS) is 11.6. The number of hydrogen-bond donors (Lipinski definition) is 0. The van der Waals surface area contributed by atoms with Crippen molar-refractivity contribution in [1.82, 2.24) is 0 Å². The lowest BCUT2D eigenvalue weighted by atomic mass is 10.1. The molecule has 0 aromatic heterocycles. The number of carbonyl (C=O) groups excluding carboxylic acids is 1. The zero-order chi connectivity index (χ0) is 12.3. The van der Waals surface area contributed by atoms with Crippen LogP contribution in [0.3, 0.4) is 0 Å². The number of carbonyl (C=O) groups is 1. The van der Waals surface area contributed by atoms with Crippen LogP contribution >= 0.6 is 11.6 Å². The van der Waals surface area contributed by atoms with Gasteiger partial charge in [0.25, 0.3) is 5.78 Å². The molecule has 1 aromatic carbocycles. The highest BCUT2D eigenvalue weighted by atomic mass is 35.5. The van der Waals surface area contributed by atoms with E-state index in [1.54, 1.807) is 19.9 Å². The predicted molar refractivity (Wildman–Crippen MR) is 57.3 cm³/mol. The molecule has 0 aliphatic rings. The van der Waals surface area contributed by atoms with Crippen molar-refractivity contribution in [3.05, 3.63) is 29.8 Å². The highest BCUT2D eigenvalue weighted by molar-refractivity contribution is 6.35. The van der Waals surface area contributed by atoms with Crippen LogP contribution in [0.4, 0.5) is 8.78 Å². The first-order chi connectivity index (χ1) is 7.32. The summed E-state index contributed by atoms with van der Waals surface area (Å²) in [5, 5.41) is -3.91. The van der Waals surface area contributed by atoms with Crippen LogP contribution in [0.25, 0.3) is 0 Å². The van der Waals surface area contributed by atoms with Crippen molar-refractivity contribution in [2.45, 2.75) is 25.3 Å². The van der Waals surface area contributed by atoms with Gasteiger partial charge in [0.15, 0.2) is 0 Å². The molecule has 0 fully saturated rings. The van der Waals surface area contributed by atoms with Gasteiger partial charge in [0.1, 0.15) is 5.75 Å². The summed E-state index contributed by atoms with van der Waals surface area (Å²) >= 11 is 4.69. The number of benzene rings is 1. The largest absolute Gasteiger partial charge is 0.490 e. The summed E-state index contributed by atoms with van der Waals surface area (Å²) in [6, 6.07) is 5.79. The second-order valence-electron chi connectivity index (χ2n) is 3.49. The number of ether oxygens (including phenoxy) is 1. The van der Waals surface area contributed by atoms with Gasteiger partial charge in [-0.05, 0) is 37.6 Å². The van der Waals surface area contributed by atoms with Gasteiger partial charge in [-0.3, -0.25) is 4.79 Å². The molecular formula is C11H11ClF2O2. The van der Waals surface area contributed by atoms with E-state index in [0.29, 0.717) is 0 Å². The van der Waals surface area contributed by atoms with E-state index in [2.05, 4.69) is 11.6 Å². The monoisotopic (exact) mass is 248 g/mol. The zero-order valence-electron chi connectivity index (χ0n) is 8.84. The molecular weight excluding hydrogens is 238 g/mol. The molecule has 0 aliphatic carbocycles. The summed E-state index contributed by atoms with van der Waals surface area (Å²) in [6.45, 7) is 3.47. The van der Waals surface area contributed by atoms with E-state index >= 15 is 0 Å². The van der Waals surface area contributed by atoms with Gasteiger partial charge in [0, 0.05) is 0 Å². The van der Waals surface area contributed by atoms with E-state index < -0.39 is 11.2 Å². The molecule has 5 heteroatoms. The zero-order valence-corrected chi connectivity index (χ0v) is 9.59. The molecule has 0 saturated heterocycles. The Morgan fingerprint density at radius 1 is 1.38 bits per heavy atom. The number of para-hydroxylation sites is 1. The van der Waals surface area contributed by atoms with Crippen molar-refractivity contribution in [2.24, 2.45) is 0 Å². The Balaban J connectivity index is 3.09. The number of halogens is 3. The molecule has 0 spiro atoms. The first kappa shape index (κ1) is 12.9. The number of alkyl halides is 3. The molecule has 88 valence electrons. The maximum Gasteiger partial charge on any atom is 0.385 e. The van der Waals surface area contributed by atoms with Gasteiger partial charge < -0.3 is 4.74 Å². The average molecular weight is 249 g/mol. The SMILES string of the molecule is CC(C)Oc1ccccc1C(=O)C(F)(F)Cl. The van der Waals surface area contributed by atoms with Crippen LogP contribution in [-0.2, 0) is 0 Å². The Morgan fingerprint density at radius 3 is 2.44 bits per heavy atom. The number of Topliss-reactive ketones (excluding diaryl/α,β-unsaturated/α-hetero) is 1. The van der Waals surface area contributed by atoms with Gasteiger partial charge in [-0.15, -0.1) is 0 Å². The fourth-order valence-electron chi connectivity index (χ4n) is 1.16. The molecule has 0 aliphatic heterocycles. The minimum Gasteiger partial charge on any atom is -0.490 e. The molecule has 0 amide bonds. The van der Waals surface area contributed by atoms with Gasteiger partial charge >= 0.3 is 5.38 Å². The van der Waals surface area contributed by atoms with E-state index in [9.17, 15) is 13.6 Å². The molecule has 0 radical (unpaired) electrons. The first-order valence-corrected chi connectivity index (χ1v) is 5.07. The van der Waals surface area contributed by atoms with Gasteiger partial charge in [-0.25, -0.2) is 0 Å². The van der Waals surface area contributed by atoms with Gasteiger partial charge in [0.2, 0.25) is 0 Å². The Labute approximate surface area is 97.2 Å². The van der Waals surface area contributed by atoms with Crippen molar-refractivity contribution in [2.75, 3.05) is 0 Å². The maximum atomic E-state index is 12.7.